The van der Waals surface area contributed by atoms with Crippen molar-refractivity contribution in [2.75, 3.05) is 6.61 Å². The summed E-state index contributed by atoms with van der Waals surface area (Å²) in [6, 6.07) is 0. The van der Waals surface area contributed by atoms with Crippen LogP contribution in [-0.2, 0) is 4.74 Å². The lowest BCUT2D eigenvalue weighted by molar-refractivity contribution is 0.264. The van der Waals surface area contributed by atoms with Crippen LogP contribution in [0.2, 0.25) is 0 Å². The Kier molecular flexibility index (Phi) is 2.55. The van der Waals surface area contributed by atoms with Gasteiger partial charge in [0.25, 0.3) is 0 Å². The average molecular weight is 138 g/mol. The molecule has 0 spiro atoms. The van der Waals surface area contributed by atoms with Crippen LogP contribution >= 0.6 is 0 Å². The van der Waals surface area contributed by atoms with Crippen LogP contribution in [0.25, 0.3) is 0 Å². The van der Waals surface area contributed by atoms with E-state index in [1.54, 1.807) is 0 Å². The van der Waals surface area contributed by atoms with E-state index in [1.165, 1.54) is 5.57 Å². The maximum absolute atomic E-state index is 5.39. The third-order valence-electron chi connectivity index (χ3n) is 1.68. The van der Waals surface area contributed by atoms with Crippen molar-refractivity contribution in [2.24, 2.45) is 0 Å². The summed E-state index contributed by atoms with van der Waals surface area (Å²) in [7, 11) is 0. The Balaban J connectivity index is 2.68. The summed E-state index contributed by atoms with van der Waals surface area (Å²) < 4.78 is 5.39. The molecule has 0 amide bonds. The summed E-state index contributed by atoms with van der Waals surface area (Å²) in [4.78, 5) is 0. The Hall–Kier alpha value is -0.720. The highest BCUT2D eigenvalue weighted by atomic mass is 16.5. The summed E-state index contributed by atoms with van der Waals surface area (Å²) in [6.07, 6.45) is 6.42. The third-order valence-corrected chi connectivity index (χ3v) is 1.68. The second-order valence-corrected chi connectivity index (χ2v) is 2.39. The van der Waals surface area contributed by atoms with Crippen molar-refractivity contribution in [1.29, 1.82) is 0 Å². The number of rotatable bonds is 1. The van der Waals surface area contributed by atoms with Gasteiger partial charge in [0.05, 0.1) is 6.61 Å². The van der Waals surface area contributed by atoms with Gasteiger partial charge in [0.15, 0.2) is 0 Å². The molecular weight excluding hydrogens is 124 g/mol. The zero-order valence-corrected chi connectivity index (χ0v) is 6.68. The number of allylic oxidation sites excluding steroid dienone is 3. The van der Waals surface area contributed by atoms with Gasteiger partial charge in [-0.1, -0.05) is 13.0 Å². The zero-order chi connectivity index (χ0) is 7.40. The van der Waals surface area contributed by atoms with E-state index < -0.39 is 0 Å². The topological polar surface area (TPSA) is 9.23 Å². The van der Waals surface area contributed by atoms with E-state index in [4.69, 9.17) is 4.74 Å². The Bertz CT molecular complexity index is 166. The number of hydrogen-bond donors (Lipinski definition) is 0. The lowest BCUT2D eigenvalue weighted by Crippen LogP contribution is -1.79. The molecule has 0 radical (unpaired) electrons. The molecule has 0 atom stereocenters. The quantitative estimate of drug-likeness (QED) is 0.541. The van der Waals surface area contributed by atoms with Crippen LogP contribution < -0.4 is 0 Å². The van der Waals surface area contributed by atoms with Gasteiger partial charge >= 0.3 is 0 Å². The maximum atomic E-state index is 5.39. The van der Waals surface area contributed by atoms with Gasteiger partial charge in [0, 0.05) is 6.42 Å². The van der Waals surface area contributed by atoms with Gasteiger partial charge < -0.3 is 4.74 Å². The first-order valence-corrected chi connectivity index (χ1v) is 3.87. The molecule has 56 valence electrons. The van der Waals surface area contributed by atoms with E-state index >= 15 is 0 Å². The van der Waals surface area contributed by atoms with Crippen LogP contribution in [0.1, 0.15) is 26.7 Å². The first-order chi connectivity index (χ1) is 4.88. The predicted molar refractivity (Wildman–Crippen MR) is 42.7 cm³/mol. The van der Waals surface area contributed by atoms with Gasteiger partial charge in [-0.2, -0.15) is 0 Å². The van der Waals surface area contributed by atoms with Gasteiger partial charge in [-0.15, -0.1) is 0 Å². The molecule has 1 aliphatic rings. The Morgan fingerprint density at radius 3 is 3.00 bits per heavy atom. The minimum atomic E-state index is 0.867. The molecule has 1 saturated heterocycles. The fourth-order valence-electron chi connectivity index (χ4n) is 1.15. The SMILES string of the molecule is C/C=C1/CCO/C1=C/CC. The van der Waals surface area contributed by atoms with Crippen molar-refractivity contribution < 1.29 is 4.74 Å². The van der Waals surface area contributed by atoms with E-state index in [2.05, 4.69) is 26.0 Å². The highest BCUT2D eigenvalue weighted by molar-refractivity contribution is 5.28. The normalized spacial score (nSPS) is 25.8. The molecular formula is C9H14O. The molecule has 0 aromatic carbocycles. The van der Waals surface area contributed by atoms with Crippen LogP contribution in [0.4, 0.5) is 0 Å². The second-order valence-electron chi connectivity index (χ2n) is 2.39. The van der Waals surface area contributed by atoms with Crippen LogP contribution in [0.3, 0.4) is 0 Å². The molecule has 1 rings (SSSR count). The standard InChI is InChI=1S/C9H14O/c1-3-5-9-8(4-2)6-7-10-9/h4-5H,3,6-7H2,1-2H3/b8-4-,9-5+. The van der Waals surface area contributed by atoms with Crippen LogP contribution in [0.5, 0.6) is 0 Å². The molecule has 0 bridgehead atoms. The average Bonchev–Trinajstić information content (AvgIpc) is 2.36. The summed E-state index contributed by atoms with van der Waals surface area (Å²) in [5.41, 5.74) is 1.36. The largest absolute Gasteiger partial charge is 0.493 e. The van der Waals surface area contributed by atoms with Crippen molar-refractivity contribution in [3.05, 3.63) is 23.5 Å². The van der Waals surface area contributed by atoms with Gasteiger partial charge in [-0.05, 0) is 25.0 Å². The van der Waals surface area contributed by atoms with Crippen molar-refractivity contribution in [2.45, 2.75) is 26.7 Å². The molecule has 1 aliphatic heterocycles. The van der Waals surface area contributed by atoms with Crippen molar-refractivity contribution >= 4 is 0 Å². The first kappa shape index (κ1) is 7.39. The molecule has 1 fully saturated rings. The van der Waals surface area contributed by atoms with Gasteiger partial charge in [-0.3, -0.25) is 0 Å². The molecule has 10 heavy (non-hydrogen) atoms. The highest BCUT2D eigenvalue weighted by Crippen LogP contribution is 2.23. The molecule has 1 heterocycles. The minimum Gasteiger partial charge on any atom is -0.493 e. The Morgan fingerprint density at radius 2 is 2.40 bits per heavy atom. The van der Waals surface area contributed by atoms with E-state index in [-0.39, 0.29) is 0 Å². The monoisotopic (exact) mass is 138 g/mol. The van der Waals surface area contributed by atoms with Crippen molar-refractivity contribution in [3.8, 4) is 0 Å². The smallest absolute Gasteiger partial charge is 0.118 e. The van der Waals surface area contributed by atoms with Crippen molar-refractivity contribution in [3.63, 3.8) is 0 Å². The Labute approximate surface area is 62.4 Å². The fraction of sp³-hybridized carbons (Fsp3) is 0.556. The molecule has 0 saturated carbocycles. The lowest BCUT2D eigenvalue weighted by Gasteiger charge is -1.96. The van der Waals surface area contributed by atoms with E-state index in [9.17, 15) is 0 Å². The van der Waals surface area contributed by atoms with Crippen LogP contribution in [-0.4, -0.2) is 6.61 Å². The van der Waals surface area contributed by atoms with Crippen molar-refractivity contribution in [1.82, 2.24) is 0 Å². The first-order valence-electron chi connectivity index (χ1n) is 3.87. The Morgan fingerprint density at radius 1 is 1.60 bits per heavy atom. The summed E-state index contributed by atoms with van der Waals surface area (Å²) in [5, 5.41) is 0. The van der Waals surface area contributed by atoms with E-state index in [1.807, 2.05) is 0 Å². The molecule has 1 nitrogen and oxygen atoms in total. The zero-order valence-electron chi connectivity index (χ0n) is 6.68. The minimum absolute atomic E-state index is 0.867. The highest BCUT2D eigenvalue weighted by Gasteiger charge is 2.11. The van der Waals surface area contributed by atoms with Crippen LogP contribution in [0.15, 0.2) is 23.5 Å². The molecule has 0 aliphatic carbocycles. The summed E-state index contributed by atoms with van der Waals surface area (Å²) in [6.45, 7) is 5.06. The molecule has 0 N–H and O–H groups in total. The third kappa shape index (κ3) is 1.41. The molecule has 1 heteroatoms. The van der Waals surface area contributed by atoms with E-state index in [0.29, 0.717) is 0 Å². The second kappa shape index (κ2) is 3.45. The van der Waals surface area contributed by atoms with E-state index in [0.717, 1.165) is 25.2 Å². The molecule has 0 aromatic heterocycles. The van der Waals surface area contributed by atoms with Gasteiger partial charge in [0.2, 0.25) is 0 Å². The number of hydrogen-bond acceptors (Lipinski definition) is 1. The van der Waals surface area contributed by atoms with Gasteiger partial charge in [0.1, 0.15) is 5.76 Å². The number of ether oxygens (including phenoxy) is 1. The molecule has 0 aromatic rings. The van der Waals surface area contributed by atoms with Gasteiger partial charge in [-0.25, -0.2) is 0 Å². The lowest BCUT2D eigenvalue weighted by atomic mass is 10.1. The molecule has 0 unspecified atom stereocenters. The van der Waals surface area contributed by atoms with Crippen LogP contribution in [0, 0.1) is 0 Å². The summed E-state index contributed by atoms with van der Waals surface area (Å²) >= 11 is 0. The predicted octanol–water partition coefficient (Wildman–Crippen LogP) is 2.65. The maximum Gasteiger partial charge on any atom is 0.118 e. The fourth-order valence-corrected chi connectivity index (χ4v) is 1.15. The summed E-state index contributed by atoms with van der Waals surface area (Å²) in [5.74, 6) is 1.10.